The van der Waals surface area contributed by atoms with Gasteiger partial charge in [-0.1, -0.05) is 0 Å². The Kier molecular flexibility index (Phi) is 5.44. The van der Waals surface area contributed by atoms with Crippen LogP contribution in [0.25, 0.3) is 16.7 Å². The van der Waals surface area contributed by atoms with Crippen molar-refractivity contribution in [2.45, 2.75) is 31.7 Å². The van der Waals surface area contributed by atoms with Gasteiger partial charge in [-0.25, -0.2) is 9.67 Å². The number of aryl methyl sites for hydroxylation is 1. The van der Waals surface area contributed by atoms with E-state index in [-0.39, 0.29) is 11.9 Å². The molecular formula is C26H25N5O4. The van der Waals surface area contributed by atoms with Crippen LogP contribution in [0.1, 0.15) is 34.5 Å². The number of nitrogens with zero attached hydrogens (tertiary/aromatic N) is 4. The van der Waals surface area contributed by atoms with Crippen molar-refractivity contribution in [2.24, 2.45) is 0 Å². The fourth-order valence-corrected chi connectivity index (χ4v) is 4.62. The largest absolute Gasteiger partial charge is 0.490 e. The first kappa shape index (κ1) is 21.4. The minimum Gasteiger partial charge on any atom is -0.490 e. The summed E-state index contributed by atoms with van der Waals surface area (Å²) in [6.45, 7) is 1.21. The van der Waals surface area contributed by atoms with Crippen LogP contribution in [0.5, 0.6) is 17.4 Å². The van der Waals surface area contributed by atoms with E-state index < -0.39 is 0 Å². The fraction of sp³-hybridized carbons (Fsp3) is 0.308. The van der Waals surface area contributed by atoms with Crippen LogP contribution in [0.2, 0.25) is 0 Å². The molecule has 1 amide bonds. The number of fused-ring (bicyclic) bond motifs is 3. The second-order valence-corrected chi connectivity index (χ2v) is 8.72. The molecule has 1 aliphatic heterocycles. The van der Waals surface area contributed by atoms with Gasteiger partial charge in [0.15, 0.2) is 11.5 Å². The summed E-state index contributed by atoms with van der Waals surface area (Å²) >= 11 is 0. The van der Waals surface area contributed by atoms with E-state index in [0.29, 0.717) is 42.6 Å². The molecule has 1 aromatic carbocycles. The Balaban J connectivity index is 1.21. The van der Waals surface area contributed by atoms with Crippen LogP contribution in [0, 0.1) is 0 Å². The van der Waals surface area contributed by atoms with Gasteiger partial charge in [0.1, 0.15) is 5.52 Å². The Morgan fingerprint density at radius 1 is 1.14 bits per heavy atom. The Hall–Kier alpha value is -4.14. The van der Waals surface area contributed by atoms with Crippen molar-refractivity contribution >= 4 is 16.9 Å². The van der Waals surface area contributed by atoms with Crippen molar-refractivity contribution in [1.82, 2.24) is 25.1 Å². The average molecular weight is 472 g/mol. The third kappa shape index (κ3) is 4.14. The van der Waals surface area contributed by atoms with Crippen molar-refractivity contribution in [3.05, 3.63) is 65.6 Å². The smallest absolute Gasteiger partial charge is 0.251 e. The third-order valence-electron chi connectivity index (χ3n) is 6.41. The molecule has 178 valence electrons. The topological polar surface area (TPSA) is 100 Å². The first-order valence-corrected chi connectivity index (χ1v) is 11.8. The van der Waals surface area contributed by atoms with Crippen LogP contribution in [-0.2, 0) is 12.8 Å². The van der Waals surface area contributed by atoms with Crippen LogP contribution in [0.3, 0.4) is 0 Å². The number of carbonyl (C=O) groups is 1. The molecule has 1 unspecified atom stereocenters. The summed E-state index contributed by atoms with van der Waals surface area (Å²) in [7, 11) is 1.59. The second-order valence-electron chi connectivity index (χ2n) is 8.72. The van der Waals surface area contributed by atoms with Gasteiger partial charge in [-0.2, -0.15) is 5.10 Å². The molecule has 35 heavy (non-hydrogen) atoms. The van der Waals surface area contributed by atoms with Gasteiger partial charge in [0, 0.05) is 36.5 Å². The molecule has 4 aromatic rings. The zero-order valence-corrected chi connectivity index (χ0v) is 19.4. The number of hydrogen-bond donors (Lipinski definition) is 1. The first-order chi connectivity index (χ1) is 17.2. The summed E-state index contributed by atoms with van der Waals surface area (Å²) in [5.74, 6) is 1.72. The average Bonchev–Trinajstić information content (AvgIpc) is 3.16. The SMILES string of the molecule is COc1ccc2nccc(-n3cc4c(n3)CCC(NC(=O)c3ccc5c(c3)OCCCO5)C4)c2n1. The summed E-state index contributed by atoms with van der Waals surface area (Å²) in [5.41, 5.74) is 5.07. The number of amides is 1. The number of methoxy groups -OCH3 is 1. The highest BCUT2D eigenvalue weighted by atomic mass is 16.5. The van der Waals surface area contributed by atoms with Crippen molar-refractivity contribution in [1.29, 1.82) is 0 Å². The number of benzene rings is 1. The van der Waals surface area contributed by atoms with Gasteiger partial charge >= 0.3 is 0 Å². The van der Waals surface area contributed by atoms with Crippen LogP contribution >= 0.6 is 0 Å². The highest BCUT2D eigenvalue weighted by molar-refractivity contribution is 5.95. The van der Waals surface area contributed by atoms with E-state index in [1.165, 1.54) is 0 Å². The molecule has 0 saturated heterocycles. The predicted molar refractivity (Wildman–Crippen MR) is 129 cm³/mol. The van der Waals surface area contributed by atoms with Crippen LogP contribution in [0.4, 0.5) is 0 Å². The van der Waals surface area contributed by atoms with Crippen molar-refractivity contribution < 1.29 is 19.0 Å². The quantitative estimate of drug-likeness (QED) is 0.488. The summed E-state index contributed by atoms with van der Waals surface area (Å²) in [4.78, 5) is 22.0. The lowest BCUT2D eigenvalue weighted by molar-refractivity contribution is 0.0933. The molecule has 9 nitrogen and oxygen atoms in total. The Morgan fingerprint density at radius 2 is 2.03 bits per heavy atom. The van der Waals surface area contributed by atoms with Gasteiger partial charge in [0.05, 0.1) is 37.2 Å². The first-order valence-electron chi connectivity index (χ1n) is 11.8. The van der Waals surface area contributed by atoms with Gasteiger partial charge in [-0.15, -0.1) is 0 Å². The third-order valence-corrected chi connectivity index (χ3v) is 6.41. The summed E-state index contributed by atoms with van der Waals surface area (Å²) in [6, 6.07) is 11.0. The van der Waals surface area contributed by atoms with Crippen LogP contribution in [-0.4, -0.2) is 52.0 Å². The Bertz CT molecular complexity index is 1420. The molecule has 0 fully saturated rings. The van der Waals surface area contributed by atoms with Crippen molar-refractivity contribution in [2.75, 3.05) is 20.3 Å². The molecule has 2 aliphatic rings. The number of pyridine rings is 2. The maximum Gasteiger partial charge on any atom is 0.251 e. The lowest BCUT2D eigenvalue weighted by Crippen LogP contribution is -2.38. The van der Waals surface area contributed by atoms with Crippen molar-refractivity contribution in [3.8, 4) is 23.1 Å². The monoisotopic (exact) mass is 471 g/mol. The normalized spacial score (nSPS) is 16.9. The van der Waals surface area contributed by atoms with Crippen LogP contribution in [0.15, 0.2) is 48.8 Å². The van der Waals surface area contributed by atoms with Crippen molar-refractivity contribution in [3.63, 3.8) is 0 Å². The molecule has 0 bridgehead atoms. The van der Waals surface area contributed by atoms with E-state index in [1.54, 1.807) is 37.6 Å². The highest BCUT2D eigenvalue weighted by Crippen LogP contribution is 2.31. The Morgan fingerprint density at radius 3 is 2.91 bits per heavy atom. The number of hydrogen-bond acceptors (Lipinski definition) is 7. The zero-order valence-electron chi connectivity index (χ0n) is 19.4. The maximum atomic E-state index is 13.0. The lowest BCUT2D eigenvalue weighted by atomic mass is 9.93. The standard InChI is InChI=1S/C26H25N5O4/c1-33-24-8-6-20-25(29-24)21(9-10-27-20)31-15-17-13-18(4-5-19(17)30-31)28-26(32)16-3-7-22-23(14-16)35-12-2-11-34-22/h3,6-10,14-15,18H,2,4-5,11-13H2,1H3,(H,28,32). The number of rotatable bonds is 4. The predicted octanol–water partition coefficient (Wildman–Crippen LogP) is 3.27. The fourth-order valence-electron chi connectivity index (χ4n) is 4.62. The van der Waals surface area contributed by atoms with E-state index >= 15 is 0 Å². The molecule has 0 radical (unpaired) electrons. The number of aromatic nitrogens is 4. The number of nitrogens with one attached hydrogen (secondary N) is 1. The van der Waals surface area contributed by atoms with E-state index in [0.717, 1.165) is 47.2 Å². The lowest BCUT2D eigenvalue weighted by Gasteiger charge is -2.22. The molecule has 9 heteroatoms. The van der Waals surface area contributed by atoms with E-state index in [2.05, 4.69) is 15.3 Å². The summed E-state index contributed by atoms with van der Waals surface area (Å²) < 4.78 is 18.6. The molecule has 3 aromatic heterocycles. The minimum absolute atomic E-state index is 0.0241. The minimum atomic E-state index is -0.113. The summed E-state index contributed by atoms with van der Waals surface area (Å²) in [6.07, 6.45) is 6.93. The number of carbonyl (C=O) groups excluding carboxylic acids is 1. The molecule has 1 aliphatic carbocycles. The van der Waals surface area contributed by atoms with Gasteiger partial charge in [-0.05, 0) is 55.2 Å². The summed E-state index contributed by atoms with van der Waals surface area (Å²) in [5, 5.41) is 8.00. The zero-order chi connectivity index (χ0) is 23.8. The molecule has 1 atom stereocenters. The van der Waals surface area contributed by atoms with Gasteiger partial charge < -0.3 is 19.5 Å². The maximum absolute atomic E-state index is 13.0. The molecular weight excluding hydrogens is 446 g/mol. The molecule has 1 N–H and O–H groups in total. The molecule has 0 spiro atoms. The molecule has 4 heterocycles. The van der Waals surface area contributed by atoms with Gasteiger partial charge in [-0.3, -0.25) is 9.78 Å². The van der Waals surface area contributed by atoms with E-state index in [4.69, 9.17) is 19.3 Å². The second kappa shape index (κ2) is 8.90. The molecule has 0 saturated carbocycles. The van der Waals surface area contributed by atoms with Crippen LogP contribution < -0.4 is 19.5 Å². The highest BCUT2D eigenvalue weighted by Gasteiger charge is 2.25. The molecule has 6 rings (SSSR count). The van der Waals surface area contributed by atoms with Gasteiger partial charge in [0.2, 0.25) is 5.88 Å². The number of ether oxygens (including phenoxy) is 3. The van der Waals surface area contributed by atoms with E-state index in [1.807, 2.05) is 23.0 Å². The van der Waals surface area contributed by atoms with E-state index in [9.17, 15) is 4.79 Å². The Labute approximate surface area is 202 Å². The van der Waals surface area contributed by atoms with Gasteiger partial charge in [0.25, 0.3) is 5.91 Å².